The van der Waals surface area contributed by atoms with Crippen LogP contribution in [0.25, 0.3) is 0 Å². The van der Waals surface area contributed by atoms with Gasteiger partial charge in [-0.25, -0.2) is 0 Å². The molecule has 0 N–H and O–H groups in total. The smallest absolute Gasteiger partial charge is 0.257 e. The molecule has 2 aliphatic heterocycles. The number of piperidine rings is 1. The van der Waals surface area contributed by atoms with Crippen molar-refractivity contribution in [2.24, 2.45) is 13.0 Å². The standard InChI is InChI=1S/C24H32N4O2/c1-26-18-22(17-25-26)24(30)28-14-10-21(11-15-28)16-20-6-4-19(5-7-20)8-9-23(29)27-12-2-3-13-27/h4-7,17-18,21H,2-3,8-16H2,1H3. The molecule has 2 saturated heterocycles. The number of aromatic nitrogens is 2. The summed E-state index contributed by atoms with van der Waals surface area (Å²) in [6.45, 7) is 3.50. The monoisotopic (exact) mass is 408 g/mol. The van der Waals surface area contributed by atoms with Gasteiger partial charge in [0.25, 0.3) is 5.91 Å². The van der Waals surface area contributed by atoms with Gasteiger partial charge in [-0.15, -0.1) is 0 Å². The molecule has 0 aliphatic carbocycles. The van der Waals surface area contributed by atoms with E-state index in [0.29, 0.717) is 23.8 Å². The number of carbonyl (C=O) groups is 2. The Labute approximate surface area is 178 Å². The molecule has 2 amide bonds. The van der Waals surface area contributed by atoms with Crippen molar-refractivity contribution in [3.8, 4) is 0 Å². The van der Waals surface area contributed by atoms with Gasteiger partial charge in [0.2, 0.25) is 5.91 Å². The van der Waals surface area contributed by atoms with E-state index in [9.17, 15) is 9.59 Å². The fourth-order valence-electron chi connectivity index (χ4n) is 4.61. The summed E-state index contributed by atoms with van der Waals surface area (Å²) in [5, 5.41) is 4.10. The third-order valence-corrected chi connectivity index (χ3v) is 6.49. The fraction of sp³-hybridized carbons (Fsp3) is 0.542. The molecule has 6 nitrogen and oxygen atoms in total. The van der Waals surface area contributed by atoms with Crippen LogP contribution in [0.15, 0.2) is 36.7 Å². The first-order valence-corrected chi connectivity index (χ1v) is 11.2. The lowest BCUT2D eigenvalue weighted by atomic mass is 9.89. The first-order valence-electron chi connectivity index (χ1n) is 11.2. The summed E-state index contributed by atoms with van der Waals surface area (Å²) in [6.07, 6.45) is 10.3. The Kier molecular flexibility index (Phi) is 6.50. The molecule has 2 aliphatic rings. The Bertz CT molecular complexity index is 860. The van der Waals surface area contributed by atoms with E-state index >= 15 is 0 Å². The SMILES string of the molecule is Cn1cc(C(=O)N2CCC(Cc3ccc(CCC(=O)N4CCCC4)cc3)CC2)cn1. The predicted octanol–water partition coefficient (Wildman–Crippen LogP) is 3.07. The highest BCUT2D eigenvalue weighted by Crippen LogP contribution is 2.23. The zero-order valence-electron chi connectivity index (χ0n) is 17.9. The summed E-state index contributed by atoms with van der Waals surface area (Å²) >= 11 is 0. The first kappa shape index (κ1) is 20.6. The van der Waals surface area contributed by atoms with Crippen LogP contribution in [-0.4, -0.2) is 57.6 Å². The number of rotatable bonds is 6. The van der Waals surface area contributed by atoms with E-state index in [-0.39, 0.29) is 5.91 Å². The number of amides is 2. The zero-order valence-corrected chi connectivity index (χ0v) is 17.9. The number of hydrogen-bond acceptors (Lipinski definition) is 3. The maximum atomic E-state index is 12.6. The van der Waals surface area contributed by atoms with Crippen LogP contribution in [0.4, 0.5) is 0 Å². The molecule has 1 aromatic heterocycles. The van der Waals surface area contributed by atoms with Gasteiger partial charge in [0.1, 0.15) is 0 Å². The number of likely N-dealkylation sites (tertiary alicyclic amines) is 2. The van der Waals surface area contributed by atoms with Crippen LogP contribution in [0.5, 0.6) is 0 Å². The van der Waals surface area contributed by atoms with Gasteiger partial charge in [0.15, 0.2) is 0 Å². The summed E-state index contributed by atoms with van der Waals surface area (Å²) in [7, 11) is 1.83. The van der Waals surface area contributed by atoms with Gasteiger partial charge in [-0.2, -0.15) is 5.10 Å². The van der Waals surface area contributed by atoms with Gasteiger partial charge >= 0.3 is 0 Å². The second kappa shape index (κ2) is 9.45. The summed E-state index contributed by atoms with van der Waals surface area (Å²) < 4.78 is 1.67. The van der Waals surface area contributed by atoms with Crippen LogP contribution in [0.1, 0.15) is 53.6 Å². The van der Waals surface area contributed by atoms with Crippen molar-refractivity contribution in [1.29, 1.82) is 0 Å². The Morgan fingerprint density at radius 2 is 1.63 bits per heavy atom. The van der Waals surface area contributed by atoms with E-state index in [4.69, 9.17) is 0 Å². The van der Waals surface area contributed by atoms with Gasteiger partial charge in [-0.3, -0.25) is 14.3 Å². The van der Waals surface area contributed by atoms with Crippen molar-refractivity contribution < 1.29 is 9.59 Å². The number of hydrogen-bond donors (Lipinski definition) is 0. The maximum absolute atomic E-state index is 12.6. The minimum Gasteiger partial charge on any atom is -0.343 e. The van der Waals surface area contributed by atoms with E-state index in [2.05, 4.69) is 29.4 Å². The normalized spacial score (nSPS) is 17.5. The molecule has 6 heteroatoms. The lowest BCUT2D eigenvalue weighted by Gasteiger charge is -2.32. The summed E-state index contributed by atoms with van der Waals surface area (Å²) in [5.74, 6) is 1.00. The Morgan fingerprint density at radius 3 is 2.27 bits per heavy atom. The summed E-state index contributed by atoms with van der Waals surface area (Å²) in [6, 6.07) is 8.77. The average Bonchev–Trinajstić information content (AvgIpc) is 3.45. The Hall–Kier alpha value is -2.63. The van der Waals surface area contributed by atoms with E-state index < -0.39 is 0 Å². The molecule has 2 fully saturated rings. The molecule has 0 spiro atoms. The summed E-state index contributed by atoms with van der Waals surface area (Å²) in [4.78, 5) is 28.7. The van der Waals surface area contributed by atoms with Crippen molar-refractivity contribution in [2.75, 3.05) is 26.2 Å². The highest BCUT2D eigenvalue weighted by molar-refractivity contribution is 5.93. The minimum atomic E-state index is 0.0920. The molecule has 2 aromatic rings. The Morgan fingerprint density at radius 1 is 0.967 bits per heavy atom. The van der Waals surface area contributed by atoms with E-state index in [1.165, 1.54) is 11.1 Å². The molecule has 0 radical (unpaired) electrons. The molecular weight excluding hydrogens is 376 g/mol. The predicted molar refractivity (Wildman–Crippen MR) is 116 cm³/mol. The second-order valence-electron chi connectivity index (χ2n) is 8.75. The highest BCUT2D eigenvalue weighted by Gasteiger charge is 2.24. The van der Waals surface area contributed by atoms with Crippen LogP contribution in [0.2, 0.25) is 0 Å². The molecule has 4 rings (SSSR count). The van der Waals surface area contributed by atoms with Crippen LogP contribution in [0, 0.1) is 5.92 Å². The molecule has 0 bridgehead atoms. The van der Waals surface area contributed by atoms with Crippen LogP contribution in [-0.2, 0) is 24.7 Å². The lowest BCUT2D eigenvalue weighted by Crippen LogP contribution is -2.38. The van der Waals surface area contributed by atoms with Crippen molar-refractivity contribution in [3.63, 3.8) is 0 Å². The number of benzene rings is 1. The molecule has 30 heavy (non-hydrogen) atoms. The van der Waals surface area contributed by atoms with Crippen molar-refractivity contribution in [3.05, 3.63) is 53.3 Å². The van der Waals surface area contributed by atoms with Crippen LogP contribution >= 0.6 is 0 Å². The van der Waals surface area contributed by atoms with Gasteiger partial charge in [0.05, 0.1) is 11.8 Å². The topological polar surface area (TPSA) is 58.4 Å². The third-order valence-electron chi connectivity index (χ3n) is 6.49. The minimum absolute atomic E-state index is 0.0920. The fourth-order valence-corrected chi connectivity index (χ4v) is 4.61. The van der Waals surface area contributed by atoms with Gasteiger partial charge in [-0.1, -0.05) is 24.3 Å². The van der Waals surface area contributed by atoms with E-state index in [1.807, 2.05) is 16.8 Å². The van der Waals surface area contributed by atoms with Gasteiger partial charge < -0.3 is 9.80 Å². The molecule has 3 heterocycles. The maximum Gasteiger partial charge on any atom is 0.257 e. The largest absolute Gasteiger partial charge is 0.343 e. The third kappa shape index (κ3) is 5.10. The van der Waals surface area contributed by atoms with Gasteiger partial charge in [0, 0.05) is 45.8 Å². The van der Waals surface area contributed by atoms with Crippen molar-refractivity contribution >= 4 is 11.8 Å². The number of aryl methyl sites for hydroxylation is 2. The molecule has 0 atom stereocenters. The Balaban J connectivity index is 1.21. The van der Waals surface area contributed by atoms with E-state index in [0.717, 1.165) is 64.7 Å². The molecule has 0 unspecified atom stereocenters. The average molecular weight is 409 g/mol. The molecular formula is C24H32N4O2. The molecule has 0 saturated carbocycles. The first-order chi connectivity index (χ1) is 14.6. The summed E-state index contributed by atoms with van der Waals surface area (Å²) in [5.41, 5.74) is 3.26. The number of carbonyl (C=O) groups excluding carboxylic acids is 2. The molecule has 1 aromatic carbocycles. The van der Waals surface area contributed by atoms with Crippen molar-refractivity contribution in [1.82, 2.24) is 19.6 Å². The van der Waals surface area contributed by atoms with Crippen LogP contribution in [0.3, 0.4) is 0 Å². The number of nitrogens with zero attached hydrogens (tertiary/aromatic N) is 4. The lowest BCUT2D eigenvalue weighted by molar-refractivity contribution is -0.130. The van der Waals surface area contributed by atoms with Crippen molar-refractivity contribution in [2.45, 2.75) is 44.9 Å². The van der Waals surface area contributed by atoms with E-state index in [1.54, 1.807) is 17.1 Å². The quantitative estimate of drug-likeness (QED) is 0.738. The second-order valence-corrected chi connectivity index (χ2v) is 8.75. The van der Waals surface area contributed by atoms with Gasteiger partial charge in [-0.05, 0) is 55.6 Å². The molecule has 160 valence electrons. The zero-order chi connectivity index (χ0) is 20.9. The van der Waals surface area contributed by atoms with Crippen LogP contribution < -0.4 is 0 Å². The highest BCUT2D eigenvalue weighted by atomic mass is 16.2.